The Hall–Kier alpha value is -2.69. The number of carboxylic acid groups (broad SMARTS) is 1. The third-order valence-electron chi connectivity index (χ3n) is 5.42. The van der Waals surface area contributed by atoms with Gasteiger partial charge in [0.15, 0.2) is 0 Å². The third-order valence-corrected chi connectivity index (χ3v) is 6.55. The lowest BCUT2D eigenvalue weighted by Crippen LogP contribution is -2.27. The highest BCUT2D eigenvalue weighted by Crippen LogP contribution is 2.70. The van der Waals surface area contributed by atoms with Crippen LogP contribution in [-0.4, -0.2) is 15.4 Å². The van der Waals surface area contributed by atoms with Crippen molar-refractivity contribution in [2.75, 3.05) is 5.73 Å². The molecule has 0 aromatic heterocycles. The highest BCUT2D eigenvalue weighted by molar-refractivity contribution is 6.54. The molecular weight excluding hydrogens is 409 g/mol. The average Bonchev–Trinajstić information content (AvgIpc) is 3.19. The summed E-state index contributed by atoms with van der Waals surface area (Å²) in [6.45, 7) is 0. The Labute approximate surface area is 178 Å². The van der Waals surface area contributed by atoms with E-state index < -0.39 is 21.6 Å². The molecule has 0 spiro atoms. The first-order valence-electron chi connectivity index (χ1n) is 9.15. The van der Waals surface area contributed by atoms with Crippen molar-refractivity contribution < 1.29 is 14.6 Å². The number of halogens is 2. The molecule has 6 heteroatoms. The average molecular weight is 428 g/mol. The minimum absolute atomic E-state index is 0.398. The number of anilines is 1. The van der Waals surface area contributed by atoms with Crippen LogP contribution in [0.4, 0.5) is 5.69 Å². The summed E-state index contributed by atoms with van der Waals surface area (Å²) in [6, 6.07) is 23.6. The van der Waals surface area contributed by atoms with Gasteiger partial charge in [0.1, 0.15) is 21.2 Å². The molecule has 0 heterocycles. The third kappa shape index (κ3) is 3.33. The van der Waals surface area contributed by atoms with Crippen molar-refractivity contribution in [2.24, 2.45) is 5.92 Å². The van der Waals surface area contributed by atoms with Crippen LogP contribution in [0, 0.1) is 5.92 Å². The molecule has 0 radical (unpaired) electrons. The number of para-hydroxylation sites is 1. The quantitative estimate of drug-likeness (QED) is 0.406. The fraction of sp³-hybridized carbons (Fsp3) is 0.174. The molecule has 1 aliphatic rings. The van der Waals surface area contributed by atoms with E-state index in [-0.39, 0.29) is 0 Å². The number of rotatable bonds is 6. The summed E-state index contributed by atoms with van der Waals surface area (Å²) < 4.78 is 4.45. The maximum atomic E-state index is 12.3. The molecule has 1 saturated carbocycles. The molecule has 0 saturated heterocycles. The number of alkyl halides is 2. The lowest BCUT2D eigenvalue weighted by atomic mass is 9.91. The zero-order chi connectivity index (χ0) is 20.6. The second-order valence-electron chi connectivity index (χ2n) is 7.18. The normalized spacial score (nSPS) is 22.1. The zero-order valence-corrected chi connectivity index (χ0v) is 16.9. The molecule has 0 bridgehead atoms. The Bertz CT molecular complexity index is 1040. The lowest BCUT2D eigenvalue weighted by molar-refractivity contribution is -0.140. The fourth-order valence-corrected chi connectivity index (χ4v) is 4.92. The standard InChI is InChI=1S/C23H19Cl2NO3/c24-23(25)20(22(23,21(27)28)16-9-11-17(26)12-10-16)14-15-5-4-8-19(13-15)29-18-6-2-1-3-7-18/h1-13,20H,14,26H2,(H,27,28). The van der Waals surface area contributed by atoms with Crippen LogP contribution in [0.15, 0.2) is 78.9 Å². The van der Waals surface area contributed by atoms with Crippen LogP contribution >= 0.6 is 23.2 Å². The summed E-state index contributed by atoms with van der Waals surface area (Å²) in [5, 5.41) is 10.0. The van der Waals surface area contributed by atoms with Crippen LogP contribution in [-0.2, 0) is 16.6 Å². The summed E-state index contributed by atoms with van der Waals surface area (Å²) in [5.74, 6) is -0.153. The molecule has 1 aliphatic carbocycles. The summed E-state index contributed by atoms with van der Waals surface area (Å²) in [7, 11) is 0. The first-order valence-corrected chi connectivity index (χ1v) is 9.90. The van der Waals surface area contributed by atoms with Crippen LogP contribution in [0.5, 0.6) is 11.5 Å². The summed E-state index contributed by atoms with van der Waals surface area (Å²) >= 11 is 13.1. The Kier molecular flexibility index (Phi) is 4.93. The van der Waals surface area contributed by atoms with Gasteiger partial charge in [-0.15, -0.1) is 0 Å². The van der Waals surface area contributed by atoms with E-state index in [2.05, 4.69) is 0 Å². The first kappa shape index (κ1) is 19.6. The number of benzene rings is 3. The second kappa shape index (κ2) is 7.29. The van der Waals surface area contributed by atoms with Crippen LogP contribution in [0.3, 0.4) is 0 Å². The van der Waals surface area contributed by atoms with Crippen LogP contribution < -0.4 is 10.5 Å². The lowest BCUT2D eigenvalue weighted by Gasteiger charge is -2.14. The van der Waals surface area contributed by atoms with E-state index >= 15 is 0 Å². The number of hydrogen-bond donors (Lipinski definition) is 2. The van der Waals surface area contributed by atoms with E-state index in [1.807, 2.05) is 54.6 Å². The molecule has 2 unspecified atom stereocenters. The van der Waals surface area contributed by atoms with Gasteiger partial charge in [-0.25, -0.2) is 0 Å². The Balaban J connectivity index is 1.61. The van der Waals surface area contributed by atoms with Crippen LogP contribution in [0.1, 0.15) is 11.1 Å². The summed E-state index contributed by atoms with van der Waals surface area (Å²) in [6.07, 6.45) is 0.398. The minimum atomic E-state index is -1.43. The van der Waals surface area contributed by atoms with Gasteiger partial charge in [-0.05, 0) is 53.9 Å². The van der Waals surface area contributed by atoms with Gasteiger partial charge in [0.05, 0.1) is 0 Å². The van der Waals surface area contributed by atoms with E-state index in [1.54, 1.807) is 24.3 Å². The molecule has 1 fully saturated rings. The molecule has 3 N–H and O–H groups in total. The monoisotopic (exact) mass is 427 g/mol. The maximum absolute atomic E-state index is 12.3. The molecule has 4 rings (SSSR count). The topological polar surface area (TPSA) is 72.6 Å². The number of hydrogen-bond acceptors (Lipinski definition) is 3. The van der Waals surface area contributed by atoms with Gasteiger partial charge in [-0.3, -0.25) is 4.79 Å². The van der Waals surface area contributed by atoms with Crippen LogP contribution in [0.2, 0.25) is 0 Å². The molecule has 4 nitrogen and oxygen atoms in total. The SMILES string of the molecule is Nc1ccc(C2(C(=O)O)C(Cc3cccc(Oc4ccccc4)c3)C2(Cl)Cl)cc1. The molecule has 2 atom stereocenters. The fourth-order valence-electron chi connectivity index (χ4n) is 3.91. The number of aliphatic carboxylic acids is 1. The van der Waals surface area contributed by atoms with E-state index in [0.717, 1.165) is 11.3 Å². The van der Waals surface area contributed by atoms with Gasteiger partial charge in [-0.2, -0.15) is 0 Å². The molecule has 3 aromatic carbocycles. The number of carboxylic acids is 1. The van der Waals surface area contributed by atoms with Crippen molar-refractivity contribution in [1.29, 1.82) is 0 Å². The molecule has 0 amide bonds. The van der Waals surface area contributed by atoms with Crippen molar-refractivity contribution in [3.63, 3.8) is 0 Å². The molecular formula is C23H19Cl2NO3. The van der Waals surface area contributed by atoms with Gasteiger partial charge in [0.2, 0.25) is 0 Å². The van der Waals surface area contributed by atoms with Crippen molar-refractivity contribution in [3.05, 3.63) is 90.0 Å². The molecule has 3 aromatic rings. The van der Waals surface area contributed by atoms with Gasteiger partial charge < -0.3 is 15.6 Å². The van der Waals surface area contributed by atoms with Gasteiger partial charge in [-0.1, -0.05) is 65.7 Å². The Morgan fingerprint density at radius 1 is 0.966 bits per heavy atom. The first-order chi connectivity index (χ1) is 13.9. The Morgan fingerprint density at radius 3 is 2.28 bits per heavy atom. The maximum Gasteiger partial charge on any atom is 0.317 e. The van der Waals surface area contributed by atoms with Gasteiger partial charge in [0, 0.05) is 11.6 Å². The van der Waals surface area contributed by atoms with Gasteiger partial charge in [0.25, 0.3) is 0 Å². The van der Waals surface area contributed by atoms with Crippen LogP contribution in [0.25, 0.3) is 0 Å². The van der Waals surface area contributed by atoms with Crippen molar-refractivity contribution in [3.8, 4) is 11.5 Å². The number of nitrogen functional groups attached to an aromatic ring is 1. The number of nitrogens with two attached hydrogens (primary N) is 1. The molecule has 0 aliphatic heterocycles. The largest absolute Gasteiger partial charge is 0.480 e. The number of ether oxygens (including phenoxy) is 1. The van der Waals surface area contributed by atoms with E-state index in [9.17, 15) is 9.90 Å². The van der Waals surface area contributed by atoms with Gasteiger partial charge >= 0.3 is 5.97 Å². The van der Waals surface area contributed by atoms with E-state index in [4.69, 9.17) is 33.7 Å². The predicted octanol–water partition coefficient (Wildman–Crippen LogP) is 5.43. The summed E-state index contributed by atoms with van der Waals surface area (Å²) in [5.41, 5.74) is 6.35. The molecule has 148 valence electrons. The minimum Gasteiger partial charge on any atom is -0.480 e. The van der Waals surface area contributed by atoms with Crippen molar-refractivity contribution in [1.82, 2.24) is 0 Å². The highest BCUT2D eigenvalue weighted by Gasteiger charge is 2.81. The van der Waals surface area contributed by atoms with E-state index in [1.165, 1.54) is 0 Å². The number of carbonyl (C=O) groups is 1. The summed E-state index contributed by atoms with van der Waals surface area (Å²) in [4.78, 5) is 12.3. The van der Waals surface area contributed by atoms with Crippen molar-refractivity contribution in [2.45, 2.75) is 16.2 Å². The zero-order valence-electron chi connectivity index (χ0n) is 15.4. The van der Waals surface area contributed by atoms with E-state index in [0.29, 0.717) is 23.4 Å². The smallest absolute Gasteiger partial charge is 0.317 e. The second-order valence-corrected chi connectivity index (χ2v) is 8.56. The highest BCUT2D eigenvalue weighted by atomic mass is 35.5. The van der Waals surface area contributed by atoms with Crippen molar-refractivity contribution >= 4 is 34.9 Å². The molecule has 29 heavy (non-hydrogen) atoms. The Morgan fingerprint density at radius 2 is 1.62 bits per heavy atom. The predicted molar refractivity (Wildman–Crippen MR) is 115 cm³/mol.